The van der Waals surface area contributed by atoms with Crippen LogP contribution in [-0.4, -0.2) is 49.0 Å². The van der Waals surface area contributed by atoms with Crippen molar-refractivity contribution in [1.82, 2.24) is 15.2 Å². The summed E-state index contributed by atoms with van der Waals surface area (Å²) in [5.74, 6) is 0.955. The average Bonchev–Trinajstić information content (AvgIpc) is 2.75. The molecule has 7 heteroatoms. The van der Waals surface area contributed by atoms with Crippen molar-refractivity contribution in [3.8, 4) is 11.5 Å². The van der Waals surface area contributed by atoms with E-state index in [1.165, 1.54) is 6.20 Å². The summed E-state index contributed by atoms with van der Waals surface area (Å²) >= 11 is 0. The van der Waals surface area contributed by atoms with Gasteiger partial charge in [0.2, 0.25) is 0 Å². The lowest BCUT2D eigenvalue weighted by Gasteiger charge is -2.29. The van der Waals surface area contributed by atoms with E-state index in [-0.39, 0.29) is 17.5 Å². The first-order valence-corrected chi connectivity index (χ1v) is 9.34. The molecule has 0 atom stereocenters. The van der Waals surface area contributed by atoms with Crippen LogP contribution in [0, 0.1) is 0 Å². The summed E-state index contributed by atoms with van der Waals surface area (Å²) in [6, 6.07) is 7.09. The van der Waals surface area contributed by atoms with Crippen molar-refractivity contribution >= 4 is 11.8 Å². The van der Waals surface area contributed by atoms with E-state index in [4.69, 9.17) is 9.47 Å². The van der Waals surface area contributed by atoms with Gasteiger partial charge in [-0.1, -0.05) is 6.92 Å². The number of ether oxygens (including phenoxy) is 2. The molecule has 1 N–H and O–H groups in total. The van der Waals surface area contributed by atoms with Crippen LogP contribution in [0.1, 0.15) is 45.3 Å². The largest absolute Gasteiger partial charge is 0.493 e. The summed E-state index contributed by atoms with van der Waals surface area (Å²) < 4.78 is 10.7. The maximum Gasteiger partial charge on any atom is 0.269 e. The molecule has 1 aromatic heterocycles. The molecule has 148 valence electrons. The minimum atomic E-state index is -0.266. The van der Waals surface area contributed by atoms with Crippen LogP contribution in [0.15, 0.2) is 30.5 Å². The highest BCUT2D eigenvalue weighted by Gasteiger charge is 2.24. The quantitative estimate of drug-likeness (QED) is 0.829. The predicted octanol–water partition coefficient (Wildman–Crippen LogP) is 2.44. The Balaban J connectivity index is 1.78. The number of hydrogen-bond acceptors (Lipinski definition) is 5. The van der Waals surface area contributed by atoms with Gasteiger partial charge in [-0.05, 0) is 48.2 Å². The Morgan fingerprint density at radius 2 is 1.86 bits per heavy atom. The van der Waals surface area contributed by atoms with E-state index in [1.54, 1.807) is 31.3 Å². The Labute approximate surface area is 164 Å². The number of aromatic nitrogens is 1. The molecule has 28 heavy (non-hydrogen) atoms. The molecule has 1 aliphatic rings. The number of nitrogens with zero attached hydrogens (tertiary/aromatic N) is 2. The van der Waals surface area contributed by atoms with Crippen molar-refractivity contribution in [2.24, 2.45) is 0 Å². The number of nitrogens with one attached hydrogen (secondary N) is 1. The van der Waals surface area contributed by atoms with Gasteiger partial charge in [0, 0.05) is 31.4 Å². The third-order valence-electron chi connectivity index (χ3n) is 4.78. The normalized spacial score (nSPS) is 12.9. The molecule has 3 rings (SSSR count). The van der Waals surface area contributed by atoms with Crippen molar-refractivity contribution in [2.75, 3.05) is 27.3 Å². The van der Waals surface area contributed by atoms with Gasteiger partial charge in [-0.25, -0.2) is 0 Å². The fourth-order valence-electron chi connectivity index (χ4n) is 3.26. The molecule has 2 heterocycles. The predicted molar refractivity (Wildman–Crippen MR) is 105 cm³/mol. The van der Waals surface area contributed by atoms with E-state index in [9.17, 15) is 9.59 Å². The Bertz CT molecular complexity index is 882. The fraction of sp³-hybridized carbons (Fsp3) is 0.381. The molecule has 0 saturated carbocycles. The van der Waals surface area contributed by atoms with Crippen LogP contribution in [-0.2, 0) is 13.0 Å². The fourth-order valence-corrected chi connectivity index (χ4v) is 3.26. The van der Waals surface area contributed by atoms with Crippen LogP contribution in [0.3, 0.4) is 0 Å². The van der Waals surface area contributed by atoms with Gasteiger partial charge in [0.15, 0.2) is 11.5 Å². The Hall–Kier alpha value is -3.09. The maximum atomic E-state index is 13.0. The molecule has 0 fully saturated rings. The monoisotopic (exact) mass is 383 g/mol. The molecule has 0 unspecified atom stereocenters. The molecule has 2 aromatic rings. The molecule has 0 spiro atoms. The summed E-state index contributed by atoms with van der Waals surface area (Å²) in [4.78, 5) is 31.0. The van der Waals surface area contributed by atoms with Crippen molar-refractivity contribution in [1.29, 1.82) is 0 Å². The van der Waals surface area contributed by atoms with Gasteiger partial charge >= 0.3 is 0 Å². The molecule has 1 aliphatic heterocycles. The SMILES string of the molecule is CCCNC(=O)c1cc(C(=O)N2CCc3cc(OC)c(OC)cc3C2)ccn1. The van der Waals surface area contributed by atoms with Crippen molar-refractivity contribution < 1.29 is 19.1 Å². The molecule has 2 amide bonds. The number of carbonyl (C=O) groups excluding carboxylic acids is 2. The lowest BCUT2D eigenvalue weighted by Crippen LogP contribution is -2.36. The first kappa shape index (κ1) is 19.7. The molecule has 0 saturated heterocycles. The zero-order chi connectivity index (χ0) is 20.1. The average molecular weight is 383 g/mol. The first-order valence-electron chi connectivity index (χ1n) is 9.34. The molecule has 1 aromatic carbocycles. The molecular formula is C21H25N3O4. The maximum absolute atomic E-state index is 13.0. The zero-order valence-corrected chi connectivity index (χ0v) is 16.4. The molecular weight excluding hydrogens is 358 g/mol. The van der Waals surface area contributed by atoms with Crippen LogP contribution in [0.4, 0.5) is 0 Å². The van der Waals surface area contributed by atoms with Crippen molar-refractivity contribution in [2.45, 2.75) is 26.3 Å². The Morgan fingerprint density at radius 3 is 2.54 bits per heavy atom. The summed E-state index contributed by atoms with van der Waals surface area (Å²) in [5.41, 5.74) is 2.90. The van der Waals surface area contributed by atoms with E-state index in [0.717, 1.165) is 24.0 Å². The topological polar surface area (TPSA) is 80.8 Å². The molecule has 0 radical (unpaired) electrons. The van der Waals surface area contributed by atoms with Crippen LogP contribution < -0.4 is 14.8 Å². The van der Waals surface area contributed by atoms with E-state index < -0.39 is 0 Å². The van der Waals surface area contributed by atoms with Crippen molar-refractivity contribution in [3.05, 3.63) is 52.8 Å². The van der Waals surface area contributed by atoms with Gasteiger partial charge in [-0.2, -0.15) is 0 Å². The third-order valence-corrected chi connectivity index (χ3v) is 4.78. The minimum absolute atomic E-state index is 0.118. The number of fused-ring (bicyclic) bond motifs is 1. The van der Waals surface area contributed by atoms with Gasteiger partial charge in [-0.15, -0.1) is 0 Å². The second-order valence-corrected chi connectivity index (χ2v) is 6.64. The Kier molecular flexibility index (Phi) is 6.13. The van der Waals surface area contributed by atoms with E-state index in [1.807, 2.05) is 19.1 Å². The van der Waals surface area contributed by atoms with Crippen molar-refractivity contribution in [3.63, 3.8) is 0 Å². The highest BCUT2D eigenvalue weighted by molar-refractivity contribution is 5.98. The minimum Gasteiger partial charge on any atom is -0.493 e. The van der Waals surface area contributed by atoms with E-state index in [2.05, 4.69) is 10.3 Å². The number of hydrogen-bond donors (Lipinski definition) is 1. The van der Waals surface area contributed by atoms with Gasteiger partial charge in [0.05, 0.1) is 14.2 Å². The van der Waals surface area contributed by atoms with E-state index >= 15 is 0 Å². The van der Waals surface area contributed by atoms with Crippen LogP contribution >= 0.6 is 0 Å². The third kappa shape index (κ3) is 4.08. The summed E-state index contributed by atoms with van der Waals surface area (Å²) in [5, 5.41) is 2.78. The lowest BCUT2D eigenvalue weighted by atomic mass is 9.98. The Morgan fingerprint density at radius 1 is 1.14 bits per heavy atom. The number of methoxy groups -OCH3 is 2. The smallest absolute Gasteiger partial charge is 0.269 e. The number of amides is 2. The van der Waals surface area contributed by atoms with Gasteiger partial charge in [0.25, 0.3) is 11.8 Å². The van der Waals surface area contributed by atoms with Crippen LogP contribution in [0.25, 0.3) is 0 Å². The number of pyridine rings is 1. The van der Waals surface area contributed by atoms with E-state index in [0.29, 0.717) is 36.7 Å². The van der Waals surface area contributed by atoms with Crippen LogP contribution in [0.2, 0.25) is 0 Å². The molecule has 7 nitrogen and oxygen atoms in total. The number of carbonyl (C=O) groups is 2. The summed E-state index contributed by atoms with van der Waals surface area (Å²) in [7, 11) is 3.21. The zero-order valence-electron chi connectivity index (χ0n) is 16.4. The van der Waals surface area contributed by atoms with Gasteiger partial charge < -0.3 is 19.7 Å². The second kappa shape index (κ2) is 8.73. The van der Waals surface area contributed by atoms with Gasteiger partial charge in [-0.3, -0.25) is 14.6 Å². The second-order valence-electron chi connectivity index (χ2n) is 6.64. The lowest BCUT2D eigenvalue weighted by molar-refractivity contribution is 0.0734. The summed E-state index contributed by atoms with van der Waals surface area (Å²) in [6.45, 7) is 3.63. The summed E-state index contributed by atoms with van der Waals surface area (Å²) in [6.07, 6.45) is 3.07. The first-order chi connectivity index (χ1) is 13.6. The highest BCUT2D eigenvalue weighted by atomic mass is 16.5. The van der Waals surface area contributed by atoms with Gasteiger partial charge in [0.1, 0.15) is 5.69 Å². The number of benzene rings is 1. The number of rotatable bonds is 6. The highest BCUT2D eigenvalue weighted by Crippen LogP contribution is 2.33. The standard InChI is InChI=1S/C21H25N3O4/c1-4-7-23-20(25)17-10-15(5-8-22-17)21(26)24-9-6-14-11-18(27-2)19(28-3)12-16(14)13-24/h5,8,10-12H,4,6-7,9,13H2,1-3H3,(H,23,25). The molecule has 0 aliphatic carbocycles. The molecule has 0 bridgehead atoms. The van der Waals surface area contributed by atoms with Crippen LogP contribution in [0.5, 0.6) is 11.5 Å².